The van der Waals surface area contributed by atoms with Gasteiger partial charge in [-0.1, -0.05) is 24.3 Å². The van der Waals surface area contributed by atoms with E-state index in [0.717, 1.165) is 23.1 Å². The van der Waals surface area contributed by atoms with E-state index in [2.05, 4.69) is 9.97 Å². The van der Waals surface area contributed by atoms with Crippen LogP contribution in [0.1, 0.15) is 12.5 Å². The summed E-state index contributed by atoms with van der Waals surface area (Å²) in [5, 5.41) is 0. The van der Waals surface area contributed by atoms with Gasteiger partial charge in [0.25, 0.3) is 0 Å². The highest BCUT2D eigenvalue weighted by molar-refractivity contribution is 5.65. The van der Waals surface area contributed by atoms with Crippen LogP contribution in [0.25, 0.3) is 16.9 Å². The number of hydrogen-bond acceptors (Lipinski definition) is 3. The number of fused-ring (bicyclic) bond motifs is 1. The lowest BCUT2D eigenvalue weighted by molar-refractivity contribution is -0.137. The summed E-state index contributed by atoms with van der Waals surface area (Å²) in [4.78, 5) is 9.32. The average Bonchev–Trinajstić information content (AvgIpc) is 3.09. The molecule has 4 rings (SSSR count). The quantitative estimate of drug-likeness (QED) is 0.501. The SMILES string of the molecule is CC1C=CC=C(C(F)(F)F)N1c1cn2c(-c3ccc(C(F)(F)F)cc3)cnc2cn1. The van der Waals surface area contributed by atoms with Crippen LogP contribution in [0.15, 0.2) is 66.8 Å². The Morgan fingerprint density at radius 1 is 0.900 bits per heavy atom. The third kappa shape index (κ3) is 3.53. The molecule has 0 saturated carbocycles. The first kappa shape index (κ1) is 20.0. The van der Waals surface area contributed by atoms with Gasteiger partial charge in [0.05, 0.1) is 35.9 Å². The van der Waals surface area contributed by atoms with Gasteiger partial charge >= 0.3 is 12.4 Å². The Balaban J connectivity index is 1.79. The Morgan fingerprint density at radius 3 is 2.23 bits per heavy atom. The van der Waals surface area contributed by atoms with Gasteiger partial charge in [0.2, 0.25) is 0 Å². The van der Waals surface area contributed by atoms with Crippen molar-refractivity contribution in [2.75, 3.05) is 4.90 Å². The van der Waals surface area contributed by atoms with Crippen molar-refractivity contribution >= 4 is 11.5 Å². The minimum absolute atomic E-state index is 0.0362. The van der Waals surface area contributed by atoms with Crippen molar-refractivity contribution in [3.8, 4) is 11.3 Å². The Bertz CT molecular complexity index is 1140. The number of hydrogen-bond donors (Lipinski definition) is 0. The fourth-order valence-electron chi connectivity index (χ4n) is 3.30. The monoisotopic (exact) mass is 424 g/mol. The molecule has 3 aromatic rings. The second kappa shape index (κ2) is 6.89. The minimum atomic E-state index is -4.58. The number of allylic oxidation sites excluding steroid dienone is 3. The standard InChI is InChI=1S/C20H14F6N4/c1-12-3-2-4-16(20(24,25)26)30(12)18-11-29-15(9-27-17(29)10-28-18)13-5-7-14(8-6-13)19(21,22)23/h2-12H,1H3. The molecule has 156 valence electrons. The van der Waals surface area contributed by atoms with E-state index in [0.29, 0.717) is 16.9 Å². The molecule has 1 aliphatic heterocycles. The number of rotatable bonds is 2. The van der Waals surface area contributed by atoms with Gasteiger partial charge < -0.3 is 4.90 Å². The van der Waals surface area contributed by atoms with Gasteiger partial charge in [0, 0.05) is 5.56 Å². The highest BCUT2D eigenvalue weighted by Gasteiger charge is 2.40. The molecule has 1 unspecified atom stereocenters. The predicted octanol–water partition coefficient (Wildman–Crippen LogP) is 5.63. The molecule has 0 amide bonds. The van der Waals surface area contributed by atoms with Crippen LogP contribution in [-0.4, -0.2) is 26.6 Å². The highest BCUT2D eigenvalue weighted by Crippen LogP contribution is 2.36. The van der Waals surface area contributed by atoms with E-state index < -0.39 is 29.7 Å². The van der Waals surface area contributed by atoms with Crippen molar-refractivity contribution in [2.45, 2.75) is 25.3 Å². The number of aromatic nitrogens is 3. The second-order valence-corrected chi connectivity index (χ2v) is 6.74. The summed E-state index contributed by atoms with van der Waals surface area (Å²) in [5.74, 6) is 0.0362. The molecule has 4 nitrogen and oxygen atoms in total. The molecule has 30 heavy (non-hydrogen) atoms. The summed E-state index contributed by atoms with van der Waals surface area (Å²) in [5.41, 5.74) is -0.436. The number of imidazole rings is 1. The molecule has 2 aromatic heterocycles. The topological polar surface area (TPSA) is 33.4 Å². The van der Waals surface area contributed by atoms with Crippen molar-refractivity contribution in [3.05, 3.63) is 72.3 Å². The molecule has 3 heterocycles. The molecular weight excluding hydrogens is 410 g/mol. The first-order valence-corrected chi connectivity index (χ1v) is 8.81. The van der Waals surface area contributed by atoms with Crippen LogP contribution in [0.5, 0.6) is 0 Å². The van der Waals surface area contributed by atoms with Gasteiger partial charge in [-0.3, -0.25) is 4.40 Å². The predicted molar refractivity (Wildman–Crippen MR) is 98.6 cm³/mol. The fourth-order valence-corrected chi connectivity index (χ4v) is 3.30. The van der Waals surface area contributed by atoms with Crippen LogP contribution in [0.2, 0.25) is 0 Å². The number of benzene rings is 1. The summed E-state index contributed by atoms with van der Waals surface area (Å²) in [6.45, 7) is 1.60. The number of anilines is 1. The summed E-state index contributed by atoms with van der Waals surface area (Å²) in [6, 6.07) is 3.87. The fraction of sp³-hybridized carbons (Fsp3) is 0.200. The van der Waals surface area contributed by atoms with Crippen LogP contribution in [-0.2, 0) is 6.18 Å². The maximum absolute atomic E-state index is 13.5. The molecule has 10 heteroatoms. The molecule has 0 radical (unpaired) electrons. The highest BCUT2D eigenvalue weighted by atomic mass is 19.4. The van der Waals surface area contributed by atoms with Gasteiger partial charge in [-0.2, -0.15) is 26.3 Å². The first-order chi connectivity index (χ1) is 14.1. The Kier molecular flexibility index (Phi) is 4.59. The van der Waals surface area contributed by atoms with E-state index in [1.54, 1.807) is 13.0 Å². The molecule has 0 bridgehead atoms. The maximum Gasteiger partial charge on any atom is 0.431 e. The molecule has 1 atom stereocenters. The van der Waals surface area contributed by atoms with Gasteiger partial charge in [0.1, 0.15) is 5.70 Å². The Labute approximate surface area is 166 Å². The van der Waals surface area contributed by atoms with E-state index in [1.165, 1.54) is 41.2 Å². The number of nitrogens with zero attached hydrogens (tertiary/aromatic N) is 4. The lowest BCUT2D eigenvalue weighted by Gasteiger charge is -2.33. The van der Waals surface area contributed by atoms with E-state index >= 15 is 0 Å². The molecular formula is C20H14F6N4. The largest absolute Gasteiger partial charge is 0.431 e. The summed E-state index contributed by atoms with van der Waals surface area (Å²) >= 11 is 0. The number of alkyl halides is 6. The first-order valence-electron chi connectivity index (χ1n) is 8.81. The van der Waals surface area contributed by atoms with Crippen molar-refractivity contribution in [1.29, 1.82) is 0 Å². The number of halogens is 6. The second-order valence-electron chi connectivity index (χ2n) is 6.74. The van der Waals surface area contributed by atoms with Crippen LogP contribution in [0.3, 0.4) is 0 Å². The van der Waals surface area contributed by atoms with Gasteiger partial charge in [-0.05, 0) is 25.1 Å². The van der Waals surface area contributed by atoms with Crippen LogP contribution < -0.4 is 4.90 Å². The Hall–Kier alpha value is -3.30. The smallest absolute Gasteiger partial charge is 0.314 e. The maximum atomic E-state index is 13.5. The lowest BCUT2D eigenvalue weighted by Crippen LogP contribution is -2.39. The molecule has 0 aliphatic carbocycles. The molecule has 0 saturated heterocycles. The van der Waals surface area contributed by atoms with Crippen molar-refractivity contribution in [3.63, 3.8) is 0 Å². The molecule has 0 fully saturated rings. The van der Waals surface area contributed by atoms with Crippen molar-refractivity contribution in [2.24, 2.45) is 0 Å². The third-order valence-corrected chi connectivity index (χ3v) is 4.74. The van der Waals surface area contributed by atoms with Crippen molar-refractivity contribution < 1.29 is 26.3 Å². The van der Waals surface area contributed by atoms with Gasteiger partial charge in [-0.25, -0.2) is 9.97 Å². The summed E-state index contributed by atoms with van der Waals surface area (Å²) in [7, 11) is 0. The molecule has 0 spiro atoms. The molecule has 1 aromatic carbocycles. The lowest BCUT2D eigenvalue weighted by atomic mass is 10.1. The zero-order valence-corrected chi connectivity index (χ0v) is 15.4. The third-order valence-electron chi connectivity index (χ3n) is 4.74. The normalized spacial score (nSPS) is 17.5. The van der Waals surface area contributed by atoms with E-state index in [4.69, 9.17) is 0 Å². The minimum Gasteiger partial charge on any atom is -0.314 e. The molecule has 1 aliphatic rings. The zero-order valence-electron chi connectivity index (χ0n) is 15.4. The summed E-state index contributed by atoms with van der Waals surface area (Å²) in [6.07, 6.45) is -0.986. The zero-order chi connectivity index (χ0) is 21.7. The van der Waals surface area contributed by atoms with Gasteiger partial charge in [0.15, 0.2) is 11.5 Å². The van der Waals surface area contributed by atoms with E-state index in [1.807, 2.05) is 0 Å². The van der Waals surface area contributed by atoms with Gasteiger partial charge in [-0.15, -0.1) is 0 Å². The van der Waals surface area contributed by atoms with Crippen LogP contribution in [0.4, 0.5) is 32.2 Å². The van der Waals surface area contributed by atoms with Crippen LogP contribution >= 0.6 is 0 Å². The average molecular weight is 424 g/mol. The van der Waals surface area contributed by atoms with Crippen LogP contribution in [0, 0.1) is 0 Å². The van der Waals surface area contributed by atoms with Crippen molar-refractivity contribution in [1.82, 2.24) is 14.4 Å². The van der Waals surface area contributed by atoms with E-state index in [9.17, 15) is 26.3 Å². The summed E-state index contributed by atoms with van der Waals surface area (Å²) < 4.78 is 80.4. The Morgan fingerprint density at radius 2 is 1.60 bits per heavy atom. The molecule has 0 N–H and O–H groups in total. The van der Waals surface area contributed by atoms with E-state index in [-0.39, 0.29) is 5.82 Å².